The Hall–Kier alpha value is -1.73. The maximum Gasteiger partial charge on any atom is 0.216 e. The highest BCUT2D eigenvalue weighted by Crippen LogP contribution is 2.37. The highest BCUT2D eigenvalue weighted by atomic mass is 28.2. The molecule has 1 aliphatic heterocycles. The number of nitrogens with one attached hydrogen (secondary N) is 1. The van der Waals surface area contributed by atoms with Crippen LogP contribution in [0.3, 0.4) is 0 Å². The smallest absolute Gasteiger partial charge is 0.216 e. The Morgan fingerprint density at radius 2 is 2.06 bits per heavy atom. The van der Waals surface area contributed by atoms with Crippen LogP contribution in [-0.2, 0) is 31.3 Å². The second-order valence-electron chi connectivity index (χ2n) is 9.26. The molecule has 1 N–H and O–H groups in total. The van der Waals surface area contributed by atoms with Crippen molar-refractivity contribution in [2.24, 2.45) is 11.3 Å². The molecule has 1 aromatic carbocycles. The first-order valence-corrected chi connectivity index (χ1v) is 16.0. The van der Waals surface area contributed by atoms with Crippen LogP contribution in [0.2, 0.25) is 13.1 Å². The van der Waals surface area contributed by atoms with Crippen molar-refractivity contribution in [2.45, 2.75) is 66.1 Å². The van der Waals surface area contributed by atoms with Crippen LogP contribution in [0.25, 0.3) is 10.9 Å². The van der Waals surface area contributed by atoms with Crippen molar-refractivity contribution >= 4 is 36.3 Å². The van der Waals surface area contributed by atoms with E-state index in [-0.39, 0.29) is 29.6 Å². The van der Waals surface area contributed by atoms with Crippen molar-refractivity contribution in [3.05, 3.63) is 23.9 Å². The Balaban J connectivity index is 1.78. The zero-order valence-electron chi connectivity index (χ0n) is 20.8. The number of nitrogens with zero attached hydrogens (tertiary/aromatic N) is 2. The molecular weight excluding hydrogens is 454 g/mol. The van der Waals surface area contributed by atoms with Crippen LogP contribution >= 0.6 is 0 Å². The predicted molar refractivity (Wildman–Crippen MR) is 135 cm³/mol. The van der Waals surface area contributed by atoms with Gasteiger partial charge in [-0.25, -0.2) is 0 Å². The van der Waals surface area contributed by atoms with Crippen molar-refractivity contribution in [3.63, 3.8) is 0 Å². The fourth-order valence-electron chi connectivity index (χ4n) is 4.24. The average Bonchev–Trinajstić information content (AvgIpc) is 3.19. The fourth-order valence-corrected chi connectivity index (χ4v) is 6.09. The third-order valence-corrected chi connectivity index (χ3v) is 7.78. The summed E-state index contributed by atoms with van der Waals surface area (Å²) in [6.07, 6.45) is 2.48. The number of amides is 1. The standard InChI is InChI=1S/C23H39N3O5Si2/c1-15(23(3,4)22(30-32-5)31-33-6)13-26-21-17(12-25-26)7-8-20-19(21)11-18(14-29-20)28-10-9-24-16(2)27/h7-8,12,15,18,22H,9-11,13-14,32-33H2,1-6H3,(H,24,27)/t15-,18+/m0/s1. The van der Waals surface area contributed by atoms with Gasteiger partial charge in [0.1, 0.15) is 18.6 Å². The third kappa shape index (κ3) is 6.24. The largest absolute Gasteiger partial charge is 0.491 e. The first-order valence-electron chi connectivity index (χ1n) is 12.0. The molecule has 0 spiro atoms. The second kappa shape index (κ2) is 11.6. The van der Waals surface area contributed by atoms with Gasteiger partial charge in [-0.2, -0.15) is 5.10 Å². The van der Waals surface area contributed by atoms with E-state index in [2.05, 4.69) is 49.9 Å². The molecule has 10 heteroatoms. The first-order chi connectivity index (χ1) is 15.8. The summed E-state index contributed by atoms with van der Waals surface area (Å²) in [6.45, 7) is 14.8. The summed E-state index contributed by atoms with van der Waals surface area (Å²) >= 11 is 0. The topological polar surface area (TPSA) is 83.8 Å². The summed E-state index contributed by atoms with van der Waals surface area (Å²) in [5, 5.41) is 8.61. The van der Waals surface area contributed by atoms with Crippen molar-refractivity contribution in [1.82, 2.24) is 15.1 Å². The van der Waals surface area contributed by atoms with Crippen LogP contribution in [0.1, 0.15) is 33.3 Å². The number of carbonyl (C=O) groups is 1. The zero-order chi connectivity index (χ0) is 24.0. The van der Waals surface area contributed by atoms with Gasteiger partial charge in [0.05, 0.1) is 24.4 Å². The molecule has 0 unspecified atom stereocenters. The predicted octanol–water partition coefficient (Wildman–Crippen LogP) is 1.78. The van der Waals surface area contributed by atoms with Gasteiger partial charge in [-0.05, 0) is 18.1 Å². The van der Waals surface area contributed by atoms with Crippen molar-refractivity contribution in [1.29, 1.82) is 0 Å². The lowest BCUT2D eigenvalue weighted by Gasteiger charge is -2.39. The van der Waals surface area contributed by atoms with Gasteiger partial charge in [0.15, 0.2) is 19.5 Å². The maximum absolute atomic E-state index is 11.1. The minimum absolute atomic E-state index is 0.0490. The number of fused-ring (bicyclic) bond motifs is 3. The molecule has 0 saturated carbocycles. The van der Waals surface area contributed by atoms with Crippen LogP contribution < -0.4 is 10.1 Å². The van der Waals surface area contributed by atoms with Crippen LogP contribution in [0.5, 0.6) is 5.75 Å². The van der Waals surface area contributed by atoms with Crippen molar-refractivity contribution in [3.8, 4) is 5.75 Å². The average molecular weight is 494 g/mol. The van der Waals surface area contributed by atoms with E-state index in [9.17, 15) is 4.79 Å². The van der Waals surface area contributed by atoms with Gasteiger partial charge >= 0.3 is 0 Å². The van der Waals surface area contributed by atoms with Gasteiger partial charge in [0, 0.05) is 42.8 Å². The quantitative estimate of drug-likeness (QED) is 0.276. The Morgan fingerprint density at radius 1 is 1.33 bits per heavy atom. The van der Waals surface area contributed by atoms with E-state index in [1.54, 1.807) is 0 Å². The van der Waals surface area contributed by atoms with Gasteiger partial charge in [-0.1, -0.05) is 33.9 Å². The minimum atomic E-state index is -0.569. The molecule has 0 bridgehead atoms. The number of hydrogen-bond donors (Lipinski definition) is 1. The molecule has 1 amide bonds. The number of aromatic nitrogens is 2. The third-order valence-electron chi connectivity index (χ3n) is 6.51. The van der Waals surface area contributed by atoms with E-state index in [1.165, 1.54) is 6.92 Å². The Bertz CT molecular complexity index is 930. The summed E-state index contributed by atoms with van der Waals surface area (Å²) in [6, 6.07) is 4.10. The number of ether oxygens (including phenoxy) is 2. The molecule has 2 heterocycles. The molecule has 184 valence electrons. The molecular formula is C23H39N3O5Si2. The molecule has 0 aliphatic carbocycles. The van der Waals surface area contributed by atoms with E-state index in [4.69, 9.17) is 23.4 Å². The zero-order valence-corrected chi connectivity index (χ0v) is 23.7. The number of benzene rings is 1. The Labute approximate surface area is 201 Å². The fraction of sp³-hybridized carbons (Fsp3) is 0.652. The molecule has 2 atom stereocenters. The van der Waals surface area contributed by atoms with E-state index in [1.807, 2.05) is 12.3 Å². The normalized spacial score (nSPS) is 18.7. The number of hydrogen-bond acceptors (Lipinski definition) is 6. The van der Waals surface area contributed by atoms with E-state index >= 15 is 0 Å². The van der Waals surface area contributed by atoms with Crippen molar-refractivity contribution in [2.75, 3.05) is 19.8 Å². The Kier molecular flexibility index (Phi) is 9.11. The lowest BCUT2D eigenvalue weighted by Crippen LogP contribution is -2.42. The van der Waals surface area contributed by atoms with Crippen LogP contribution in [-0.4, -0.2) is 67.4 Å². The van der Waals surface area contributed by atoms with E-state index in [0.29, 0.717) is 19.8 Å². The summed E-state index contributed by atoms with van der Waals surface area (Å²) in [5.41, 5.74) is 2.11. The summed E-state index contributed by atoms with van der Waals surface area (Å²) < 4.78 is 26.3. The van der Waals surface area contributed by atoms with Crippen LogP contribution in [0, 0.1) is 11.3 Å². The lowest BCUT2D eigenvalue weighted by atomic mass is 9.79. The molecule has 0 radical (unpaired) electrons. The van der Waals surface area contributed by atoms with Crippen LogP contribution in [0.4, 0.5) is 0 Å². The molecule has 2 aromatic rings. The number of rotatable bonds is 12. The highest BCUT2D eigenvalue weighted by molar-refractivity contribution is 6.26. The SMILES string of the molecule is C[SiH2]OC(O[SiH2]C)C(C)(C)[C@@H](C)Cn1ncc2ccc3c(c21)C[C@@H](OCCNC(C)=O)CO3. The molecule has 1 aliphatic rings. The summed E-state index contributed by atoms with van der Waals surface area (Å²) in [4.78, 5) is 11.1. The molecule has 1 aromatic heterocycles. The minimum Gasteiger partial charge on any atom is -0.491 e. The van der Waals surface area contributed by atoms with Crippen molar-refractivity contribution < 1.29 is 23.1 Å². The summed E-state index contributed by atoms with van der Waals surface area (Å²) in [7, 11) is -1.14. The van der Waals surface area contributed by atoms with E-state index < -0.39 is 19.5 Å². The number of carbonyl (C=O) groups excluding carboxylic acids is 1. The van der Waals surface area contributed by atoms with Gasteiger partial charge < -0.3 is 23.6 Å². The second-order valence-corrected chi connectivity index (χ2v) is 11.1. The maximum atomic E-state index is 11.1. The van der Waals surface area contributed by atoms with Gasteiger partial charge in [0.2, 0.25) is 5.91 Å². The molecule has 8 nitrogen and oxygen atoms in total. The Morgan fingerprint density at radius 3 is 2.73 bits per heavy atom. The lowest BCUT2D eigenvalue weighted by molar-refractivity contribution is -0.119. The van der Waals surface area contributed by atoms with E-state index in [0.717, 1.165) is 35.2 Å². The molecule has 33 heavy (non-hydrogen) atoms. The van der Waals surface area contributed by atoms with Gasteiger partial charge in [0.25, 0.3) is 0 Å². The van der Waals surface area contributed by atoms with Crippen LogP contribution in [0.15, 0.2) is 18.3 Å². The molecule has 0 saturated heterocycles. The molecule has 3 rings (SSSR count). The highest BCUT2D eigenvalue weighted by Gasteiger charge is 2.36. The molecule has 0 fully saturated rings. The first kappa shape index (κ1) is 25.9. The van der Waals surface area contributed by atoms with Gasteiger partial charge in [-0.15, -0.1) is 0 Å². The summed E-state index contributed by atoms with van der Waals surface area (Å²) in [5.74, 6) is 1.14. The monoisotopic (exact) mass is 493 g/mol. The van der Waals surface area contributed by atoms with Gasteiger partial charge in [-0.3, -0.25) is 9.48 Å².